The smallest absolute Gasteiger partial charge is 0.829 e. The third-order valence-corrected chi connectivity index (χ3v) is 12.1. The summed E-state index contributed by atoms with van der Waals surface area (Å²) >= 11 is 0. The molecule has 4 fully saturated rings. The maximum Gasteiger partial charge on any atom is 1.00 e. The van der Waals surface area contributed by atoms with E-state index in [0.29, 0.717) is 0 Å². The van der Waals surface area contributed by atoms with Crippen LogP contribution >= 0.6 is 0 Å². The van der Waals surface area contributed by atoms with Gasteiger partial charge in [0, 0.05) is 13.2 Å². The van der Waals surface area contributed by atoms with Crippen LogP contribution in [0.3, 0.4) is 0 Å². The van der Waals surface area contributed by atoms with Crippen molar-refractivity contribution >= 4 is 69.7 Å². The first-order valence-corrected chi connectivity index (χ1v) is 25.3. The second-order valence-electron chi connectivity index (χ2n) is 14.6. The monoisotopic (exact) mass is 1160 g/mol. The standard InChI is InChI=1S/C26H41N2O37S5.Na/c1-4(30)27-7-9(31)13(6(56-23(7)39)3-55-67(43,44)45)58-26-19(65-70(52,53)54)12(34)16(20(62-26)22(37)38)60-24-8(28-66(40,41)42)15(63-68(46,47)48)14(5(2-29)57-24)59-25-18(64-69(49,50)51)11(33)10(32)17(61-25)21(35)36;/h5-20,23-26,28-29,31-34H,2-3H2,1H3,(H,27,30)(H,35,36)(H,37,38)(H,40,41,42)(H,43,44,45)(H,46,47,48)(H,49,50,51)(H,52,53,54);/q-1;+1. The van der Waals surface area contributed by atoms with E-state index in [9.17, 15) is 116 Å². The molecule has 0 aliphatic carbocycles. The Kier molecular flexibility index (Phi) is 21.9. The summed E-state index contributed by atoms with van der Waals surface area (Å²) < 4.78 is 222. The summed E-state index contributed by atoms with van der Waals surface area (Å²) in [6.45, 7) is -2.31. The van der Waals surface area contributed by atoms with Crippen LogP contribution in [0.15, 0.2) is 0 Å². The zero-order chi connectivity index (χ0) is 53.4. The van der Waals surface area contributed by atoms with E-state index >= 15 is 0 Å². The quantitative estimate of drug-likeness (QED) is 0.0375. The Morgan fingerprint density at radius 1 is 0.549 bits per heavy atom. The number of nitrogens with one attached hydrogen (secondary N) is 2. The van der Waals surface area contributed by atoms with Crippen LogP contribution in [0.2, 0.25) is 0 Å². The molecular formula is C26H41N2NaO37S5. The molecule has 1 amide bonds. The van der Waals surface area contributed by atoms with Crippen molar-refractivity contribution in [1.29, 1.82) is 0 Å². The van der Waals surface area contributed by atoms with Crippen LogP contribution < -0.4 is 44.7 Å². The molecule has 45 heteroatoms. The third kappa shape index (κ3) is 17.7. The molecule has 0 radical (unpaired) electrons. The molecule has 39 nitrogen and oxygen atoms in total. The number of hydrogen-bond donors (Lipinski definition) is 14. The predicted molar refractivity (Wildman–Crippen MR) is 198 cm³/mol. The van der Waals surface area contributed by atoms with E-state index < -0.39 is 206 Å². The van der Waals surface area contributed by atoms with E-state index in [2.05, 4.69) is 16.7 Å². The number of amides is 1. The molecule has 4 aliphatic rings. The van der Waals surface area contributed by atoms with Crippen molar-refractivity contribution in [1.82, 2.24) is 10.0 Å². The van der Waals surface area contributed by atoms with Crippen LogP contribution in [0.1, 0.15) is 6.92 Å². The van der Waals surface area contributed by atoms with Crippen LogP contribution in [0.25, 0.3) is 0 Å². The molecule has 4 saturated heterocycles. The number of ether oxygens (including phenoxy) is 7. The van der Waals surface area contributed by atoms with Gasteiger partial charge >= 0.3 is 93.4 Å². The average molecular weight is 1160 g/mol. The fourth-order valence-corrected chi connectivity index (χ4v) is 9.41. The number of aliphatic hydroxyl groups excluding tert-OH is 5. The number of aliphatic hydroxyl groups is 5. The Labute approximate surface area is 420 Å². The maximum absolute atomic E-state index is 12.7. The molecule has 0 aromatic heterocycles. The molecule has 4 rings (SSSR count). The minimum Gasteiger partial charge on any atom is -0.829 e. The molecule has 0 aromatic rings. The number of carboxylic acid groups (broad SMARTS) is 2. The van der Waals surface area contributed by atoms with Crippen LogP contribution in [0.5, 0.6) is 0 Å². The molecule has 20 atom stereocenters. The number of carbonyl (C=O) groups excluding carboxylic acids is 1. The molecule has 14 N–H and O–H groups in total. The van der Waals surface area contributed by atoms with E-state index in [1.54, 1.807) is 0 Å². The minimum absolute atomic E-state index is 0. The molecule has 408 valence electrons. The van der Waals surface area contributed by atoms with E-state index in [4.69, 9.17) is 37.7 Å². The molecule has 4 aliphatic heterocycles. The summed E-state index contributed by atoms with van der Waals surface area (Å²) in [6, 6.07) is -5.08. The van der Waals surface area contributed by atoms with E-state index in [-0.39, 0.29) is 29.6 Å². The Morgan fingerprint density at radius 3 is 1.46 bits per heavy atom. The van der Waals surface area contributed by atoms with Crippen LogP contribution in [0, 0.1) is 0 Å². The van der Waals surface area contributed by atoms with Crippen molar-refractivity contribution in [2.75, 3.05) is 13.2 Å². The summed E-state index contributed by atoms with van der Waals surface area (Å²) in [5, 5.41) is 88.2. The molecule has 0 spiro atoms. The zero-order valence-electron chi connectivity index (χ0n) is 35.1. The second kappa shape index (κ2) is 24.5. The third-order valence-electron chi connectivity index (χ3n) is 9.66. The van der Waals surface area contributed by atoms with E-state index in [1.165, 1.54) is 4.72 Å². The van der Waals surface area contributed by atoms with Gasteiger partial charge in [0.1, 0.15) is 67.1 Å². The molecule has 20 unspecified atom stereocenters. The largest absolute Gasteiger partial charge is 1.00 e. The summed E-state index contributed by atoms with van der Waals surface area (Å²) in [5.74, 6) is -5.54. The van der Waals surface area contributed by atoms with Crippen molar-refractivity contribution in [2.24, 2.45) is 0 Å². The molecular weight excluding hydrogens is 1120 g/mol. The van der Waals surface area contributed by atoms with Gasteiger partial charge in [0.15, 0.2) is 43.3 Å². The number of carboxylic acids is 2. The van der Waals surface area contributed by atoms with Gasteiger partial charge in [-0.3, -0.25) is 27.6 Å². The fourth-order valence-electron chi connectivity index (χ4n) is 7.03. The molecule has 0 aromatic carbocycles. The Hall–Kier alpha value is -1.76. The van der Waals surface area contributed by atoms with Crippen molar-refractivity contribution in [3.63, 3.8) is 0 Å². The molecule has 4 heterocycles. The van der Waals surface area contributed by atoms with E-state index in [0.717, 1.165) is 6.92 Å². The van der Waals surface area contributed by atoms with Gasteiger partial charge in [0.05, 0.1) is 19.3 Å². The van der Waals surface area contributed by atoms with Gasteiger partial charge in [-0.15, -0.1) is 0 Å². The van der Waals surface area contributed by atoms with Crippen molar-refractivity contribution < 1.29 is 200 Å². The van der Waals surface area contributed by atoms with Gasteiger partial charge in [0.25, 0.3) is 0 Å². The summed E-state index contributed by atoms with van der Waals surface area (Å²) in [4.78, 5) is 36.4. The number of hydrogen-bond acceptors (Lipinski definition) is 30. The van der Waals surface area contributed by atoms with Gasteiger partial charge in [-0.05, 0) is 0 Å². The molecule has 0 saturated carbocycles. The van der Waals surface area contributed by atoms with Crippen molar-refractivity contribution in [2.45, 2.75) is 130 Å². The normalized spacial score (nSPS) is 38.6. The van der Waals surface area contributed by atoms with Gasteiger partial charge < -0.3 is 79.3 Å². The second-order valence-corrected chi connectivity index (χ2v) is 20.0. The maximum atomic E-state index is 12.7. The molecule has 71 heavy (non-hydrogen) atoms. The average Bonchev–Trinajstić information content (AvgIpc) is 3.18. The van der Waals surface area contributed by atoms with Crippen molar-refractivity contribution in [3.05, 3.63) is 0 Å². The Bertz CT molecular complexity index is 2450. The van der Waals surface area contributed by atoms with Gasteiger partial charge in [-0.2, -0.15) is 46.8 Å². The minimum atomic E-state index is -6.09. The Morgan fingerprint density at radius 2 is 1.01 bits per heavy atom. The van der Waals surface area contributed by atoms with Crippen LogP contribution in [0.4, 0.5) is 0 Å². The first-order chi connectivity index (χ1) is 31.8. The summed E-state index contributed by atoms with van der Waals surface area (Å²) in [7, 11) is -29.2. The number of aliphatic carboxylic acids is 2. The topological polar surface area (TPSA) is 613 Å². The zero-order valence-corrected chi connectivity index (χ0v) is 41.2. The van der Waals surface area contributed by atoms with Gasteiger partial charge in [-0.1, -0.05) is 0 Å². The van der Waals surface area contributed by atoms with Gasteiger partial charge in [-0.25, -0.2) is 26.3 Å². The van der Waals surface area contributed by atoms with Crippen LogP contribution in [-0.2, 0) is 116 Å². The SMILES string of the molecule is CC(=O)NC1C([O-])OC(COS(=O)(=O)O)C(OC2OC(C(=O)O)C(OC3OC(CO)C(OC4OC(C(=O)O)C(O)C(O)C4OS(=O)(=O)O)C(OS(=O)(=O)O)C3NS(=O)(=O)O)C(O)C2OS(=O)(=O)O)C1O.[Na+]. The van der Waals surface area contributed by atoms with Crippen LogP contribution in [-0.4, -0.2) is 254 Å². The number of carbonyl (C=O) groups is 3. The first kappa shape index (κ1) is 63.5. The molecule has 0 bridgehead atoms. The number of rotatable bonds is 21. The predicted octanol–water partition coefficient (Wildman–Crippen LogP) is -14.3. The summed E-state index contributed by atoms with van der Waals surface area (Å²) in [6.07, 6.45) is -49.6. The fraction of sp³-hybridized carbons (Fsp3) is 0.885. The Balaban J connectivity index is 0.0000133. The summed E-state index contributed by atoms with van der Waals surface area (Å²) in [5.41, 5.74) is 0. The van der Waals surface area contributed by atoms with Crippen molar-refractivity contribution in [3.8, 4) is 0 Å². The first-order valence-electron chi connectivity index (χ1n) is 18.4. The van der Waals surface area contributed by atoms with Gasteiger partial charge in [0.2, 0.25) is 5.91 Å². The van der Waals surface area contributed by atoms with E-state index in [1.807, 2.05) is 5.32 Å².